The standard InChI is InChI=1S/C15H26O4/c1-6-15(10-18-11-15)9-17-7-14(4,5)8-19-13(16)12(2)3/h2,6-11H2,1,3-5H3. The highest BCUT2D eigenvalue weighted by molar-refractivity contribution is 5.86. The molecule has 1 saturated heterocycles. The van der Waals surface area contributed by atoms with Gasteiger partial charge in [0.25, 0.3) is 0 Å². The van der Waals surface area contributed by atoms with Gasteiger partial charge in [-0.1, -0.05) is 27.4 Å². The van der Waals surface area contributed by atoms with Gasteiger partial charge in [-0.15, -0.1) is 0 Å². The van der Waals surface area contributed by atoms with E-state index in [0.717, 1.165) is 19.6 Å². The fourth-order valence-electron chi connectivity index (χ4n) is 1.75. The molecule has 4 heteroatoms. The Hall–Kier alpha value is -0.870. The van der Waals surface area contributed by atoms with Crippen LogP contribution in [0.25, 0.3) is 0 Å². The van der Waals surface area contributed by atoms with E-state index in [0.29, 0.717) is 25.4 Å². The van der Waals surface area contributed by atoms with Crippen LogP contribution in [0.4, 0.5) is 0 Å². The highest BCUT2D eigenvalue weighted by Crippen LogP contribution is 2.32. The van der Waals surface area contributed by atoms with Crippen LogP contribution < -0.4 is 0 Å². The van der Waals surface area contributed by atoms with Gasteiger partial charge in [-0.25, -0.2) is 4.79 Å². The van der Waals surface area contributed by atoms with Gasteiger partial charge in [-0.3, -0.25) is 0 Å². The van der Waals surface area contributed by atoms with Gasteiger partial charge in [0.05, 0.1) is 33.0 Å². The Balaban J connectivity index is 2.26. The van der Waals surface area contributed by atoms with Crippen LogP contribution in [0, 0.1) is 10.8 Å². The van der Waals surface area contributed by atoms with Crippen LogP contribution in [0.2, 0.25) is 0 Å². The van der Waals surface area contributed by atoms with Crippen molar-refractivity contribution in [3.8, 4) is 0 Å². The zero-order chi connectivity index (χ0) is 14.5. The molecule has 0 N–H and O–H groups in total. The summed E-state index contributed by atoms with van der Waals surface area (Å²) >= 11 is 0. The van der Waals surface area contributed by atoms with E-state index < -0.39 is 0 Å². The van der Waals surface area contributed by atoms with Crippen LogP contribution in [0.3, 0.4) is 0 Å². The lowest BCUT2D eigenvalue weighted by molar-refractivity contribution is -0.160. The minimum atomic E-state index is -0.342. The van der Waals surface area contributed by atoms with Gasteiger partial charge in [0.15, 0.2) is 0 Å². The molecule has 0 aromatic rings. The number of ether oxygens (including phenoxy) is 3. The second-order valence-electron chi connectivity index (χ2n) is 6.36. The molecule has 0 amide bonds. The predicted octanol–water partition coefficient (Wildman–Crippen LogP) is 2.58. The Morgan fingerprint density at radius 2 is 2.00 bits per heavy atom. The van der Waals surface area contributed by atoms with Gasteiger partial charge in [0.2, 0.25) is 0 Å². The molecule has 0 bridgehead atoms. The van der Waals surface area contributed by atoms with Gasteiger partial charge < -0.3 is 14.2 Å². The first-order chi connectivity index (χ1) is 8.80. The van der Waals surface area contributed by atoms with Crippen LogP contribution >= 0.6 is 0 Å². The molecule has 0 aliphatic carbocycles. The van der Waals surface area contributed by atoms with Crippen LogP contribution in [-0.2, 0) is 19.0 Å². The van der Waals surface area contributed by atoms with E-state index in [1.807, 2.05) is 13.8 Å². The lowest BCUT2D eigenvalue weighted by Crippen LogP contribution is -2.46. The van der Waals surface area contributed by atoms with E-state index in [4.69, 9.17) is 14.2 Å². The fourth-order valence-corrected chi connectivity index (χ4v) is 1.75. The molecule has 4 nitrogen and oxygen atoms in total. The number of esters is 1. The average molecular weight is 270 g/mol. The van der Waals surface area contributed by atoms with E-state index in [1.54, 1.807) is 6.92 Å². The van der Waals surface area contributed by atoms with Crippen LogP contribution in [0.1, 0.15) is 34.1 Å². The van der Waals surface area contributed by atoms with Crippen molar-refractivity contribution < 1.29 is 19.0 Å². The summed E-state index contributed by atoms with van der Waals surface area (Å²) in [5.41, 5.74) is 0.433. The third-order valence-electron chi connectivity index (χ3n) is 3.41. The monoisotopic (exact) mass is 270 g/mol. The molecule has 0 unspecified atom stereocenters. The molecule has 0 spiro atoms. The van der Waals surface area contributed by atoms with E-state index in [2.05, 4.69) is 13.5 Å². The molecule has 1 heterocycles. The summed E-state index contributed by atoms with van der Waals surface area (Å²) in [7, 11) is 0. The van der Waals surface area contributed by atoms with Crippen molar-refractivity contribution in [2.45, 2.75) is 34.1 Å². The Bertz CT molecular complexity index is 324. The number of rotatable bonds is 8. The summed E-state index contributed by atoms with van der Waals surface area (Å²) in [6.45, 7) is 14.6. The molecular weight excluding hydrogens is 244 g/mol. The number of carbonyl (C=O) groups excluding carboxylic acids is 1. The van der Waals surface area contributed by atoms with E-state index in [1.165, 1.54) is 0 Å². The fraction of sp³-hybridized carbons (Fsp3) is 0.800. The Kier molecular flexibility index (Phi) is 5.56. The lowest BCUT2D eigenvalue weighted by atomic mass is 9.84. The molecule has 1 aliphatic rings. The molecule has 0 radical (unpaired) electrons. The van der Waals surface area contributed by atoms with Gasteiger partial charge in [-0.05, 0) is 13.3 Å². The molecule has 19 heavy (non-hydrogen) atoms. The van der Waals surface area contributed by atoms with Crippen molar-refractivity contribution in [3.63, 3.8) is 0 Å². The average Bonchev–Trinajstić information content (AvgIpc) is 2.29. The van der Waals surface area contributed by atoms with Crippen LogP contribution in [-0.4, -0.2) is 39.0 Å². The van der Waals surface area contributed by atoms with E-state index in [9.17, 15) is 4.79 Å². The zero-order valence-corrected chi connectivity index (χ0v) is 12.6. The quantitative estimate of drug-likeness (QED) is 0.502. The first-order valence-electron chi connectivity index (χ1n) is 6.78. The summed E-state index contributed by atoms with van der Waals surface area (Å²) in [5.74, 6) is -0.342. The Morgan fingerprint density at radius 1 is 1.37 bits per heavy atom. The summed E-state index contributed by atoms with van der Waals surface area (Å²) in [4.78, 5) is 11.3. The SMILES string of the molecule is C=C(C)C(=O)OCC(C)(C)COCC1(CC)COC1. The van der Waals surface area contributed by atoms with Crippen molar-refractivity contribution in [1.29, 1.82) is 0 Å². The molecule has 0 saturated carbocycles. The number of carbonyl (C=O) groups is 1. The minimum absolute atomic E-state index is 0.190. The molecule has 1 rings (SSSR count). The minimum Gasteiger partial charge on any atom is -0.462 e. The molecule has 0 atom stereocenters. The first kappa shape index (κ1) is 16.2. The normalized spacial score (nSPS) is 17.7. The Labute approximate surface area is 116 Å². The predicted molar refractivity (Wildman–Crippen MR) is 73.9 cm³/mol. The molecule has 1 aliphatic heterocycles. The Morgan fingerprint density at radius 3 is 2.42 bits per heavy atom. The molecular formula is C15H26O4. The maximum absolute atomic E-state index is 11.3. The third kappa shape index (κ3) is 4.96. The summed E-state index contributed by atoms with van der Waals surface area (Å²) < 4.78 is 16.2. The second-order valence-corrected chi connectivity index (χ2v) is 6.36. The van der Waals surface area contributed by atoms with Gasteiger partial charge in [0, 0.05) is 16.4 Å². The molecule has 110 valence electrons. The zero-order valence-electron chi connectivity index (χ0n) is 12.6. The highest BCUT2D eigenvalue weighted by Gasteiger charge is 2.37. The van der Waals surface area contributed by atoms with E-state index >= 15 is 0 Å². The maximum atomic E-state index is 11.3. The number of hydrogen-bond acceptors (Lipinski definition) is 4. The third-order valence-corrected chi connectivity index (χ3v) is 3.41. The molecule has 0 aromatic carbocycles. The largest absolute Gasteiger partial charge is 0.462 e. The van der Waals surface area contributed by atoms with Gasteiger partial charge in [-0.2, -0.15) is 0 Å². The van der Waals surface area contributed by atoms with Crippen LogP contribution in [0.15, 0.2) is 12.2 Å². The summed E-state index contributed by atoms with van der Waals surface area (Å²) in [6, 6.07) is 0. The molecule has 0 aromatic heterocycles. The van der Waals surface area contributed by atoms with Crippen molar-refractivity contribution in [1.82, 2.24) is 0 Å². The maximum Gasteiger partial charge on any atom is 0.333 e. The number of hydrogen-bond donors (Lipinski definition) is 0. The highest BCUT2D eigenvalue weighted by atomic mass is 16.5. The van der Waals surface area contributed by atoms with Gasteiger partial charge in [0.1, 0.15) is 0 Å². The lowest BCUT2D eigenvalue weighted by Gasteiger charge is -2.41. The van der Waals surface area contributed by atoms with Crippen LogP contribution in [0.5, 0.6) is 0 Å². The second kappa shape index (κ2) is 6.53. The van der Waals surface area contributed by atoms with Crippen molar-refractivity contribution in [2.75, 3.05) is 33.0 Å². The van der Waals surface area contributed by atoms with Crippen molar-refractivity contribution >= 4 is 5.97 Å². The first-order valence-corrected chi connectivity index (χ1v) is 6.78. The van der Waals surface area contributed by atoms with E-state index in [-0.39, 0.29) is 16.8 Å². The summed E-state index contributed by atoms with van der Waals surface area (Å²) in [5, 5.41) is 0. The topological polar surface area (TPSA) is 44.8 Å². The van der Waals surface area contributed by atoms with Gasteiger partial charge >= 0.3 is 5.97 Å². The smallest absolute Gasteiger partial charge is 0.333 e. The van der Waals surface area contributed by atoms with Crippen molar-refractivity contribution in [3.05, 3.63) is 12.2 Å². The van der Waals surface area contributed by atoms with Crippen molar-refractivity contribution in [2.24, 2.45) is 10.8 Å². The summed E-state index contributed by atoms with van der Waals surface area (Å²) in [6.07, 6.45) is 1.07. The molecule has 1 fully saturated rings.